The molecule has 0 spiro atoms. The normalized spacial score (nSPS) is 13.5. The minimum absolute atomic E-state index is 0.420. The second-order valence-corrected chi connectivity index (χ2v) is 3.06. The van der Waals surface area contributed by atoms with Crippen molar-refractivity contribution in [2.75, 3.05) is 7.05 Å². The minimum atomic E-state index is 0.420. The van der Waals surface area contributed by atoms with Crippen molar-refractivity contribution in [3.8, 4) is 0 Å². The number of rotatable bonds is 2. The lowest BCUT2D eigenvalue weighted by Crippen LogP contribution is -2.13. The molecule has 1 aromatic heterocycles. The molecular weight excluding hydrogens is 136 g/mol. The van der Waals surface area contributed by atoms with Crippen LogP contribution in [0.2, 0.25) is 0 Å². The molecule has 0 aliphatic rings. The number of hydrogen-bond acceptors (Lipinski definition) is 1. The first-order chi connectivity index (χ1) is 5.15. The monoisotopic (exact) mass is 152 g/mol. The van der Waals surface area contributed by atoms with Crippen molar-refractivity contribution < 1.29 is 0 Å². The van der Waals surface area contributed by atoms with E-state index in [0.29, 0.717) is 6.04 Å². The number of H-pyrrole nitrogens is 1. The summed E-state index contributed by atoms with van der Waals surface area (Å²) in [6, 6.07) is 2.59. The van der Waals surface area contributed by atoms with Gasteiger partial charge in [-0.1, -0.05) is 0 Å². The second kappa shape index (κ2) is 3.09. The van der Waals surface area contributed by atoms with Gasteiger partial charge in [0.2, 0.25) is 0 Å². The molecule has 0 aliphatic heterocycles. The highest BCUT2D eigenvalue weighted by atomic mass is 14.9. The van der Waals surface area contributed by atoms with Crippen LogP contribution in [-0.2, 0) is 0 Å². The summed E-state index contributed by atoms with van der Waals surface area (Å²) < 4.78 is 0. The van der Waals surface area contributed by atoms with Crippen LogP contribution in [0.3, 0.4) is 0 Å². The first kappa shape index (κ1) is 8.34. The number of hydrogen-bond donors (Lipinski definition) is 2. The molecule has 0 aromatic carbocycles. The van der Waals surface area contributed by atoms with Gasteiger partial charge in [0.1, 0.15) is 0 Å². The summed E-state index contributed by atoms with van der Waals surface area (Å²) in [7, 11) is 1.97. The predicted molar refractivity (Wildman–Crippen MR) is 47.7 cm³/mol. The van der Waals surface area contributed by atoms with Crippen molar-refractivity contribution in [3.63, 3.8) is 0 Å². The number of aromatic amines is 1. The van der Waals surface area contributed by atoms with Crippen molar-refractivity contribution in [2.45, 2.75) is 26.8 Å². The Labute approximate surface area is 68.0 Å². The molecule has 0 unspecified atom stereocenters. The fourth-order valence-electron chi connectivity index (χ4n) is 1.34. The van der Waals surface area contributed by atoms with Crippen LogP contribution in [0.1, 0.15) is 29.9 Å². The van der Waals surface area contributed by atoms with Crippen LogP contribution in [0.15, 0.2) is 6.07 Å². The third kappa shape index (κ3) is 1.63. The summed E-state index contributed by atoms with van der Waals surface area (Å²) in [4.78, 5) is 3.33. The van der Waals surface area contributed by atoms with E-state index in [9.17, 15) is 0 Å². The number of aromatic nitrogens is 1. The van der Waals surface area contributed by atoms with Gasteiger partial charge in [0.05, 0.1) is 0 Å². The van der Waals surface area contributed by atoms with Gasteiger partial charge in [0.15, 0.2) is 0 Å². The van der Waals surface area contributed by atoms with E-state index in [2.05, 4.69) is 37.1 Å². The summed E-state index contributed by atoms with van der Waals surface area (Å²) in [5, 5.41) is 3.20. The van der Waals surface area contributed by atoms with E-state index < -0.39 is 0 Å². The van der Waals surface area contributed by atoms with Gasteiger partial charge >= 0.3 is 0 Å². The molecule has 1 atom stereocenters. The maximum absolute atomic E-state index is 3.33. The van der Waals surface area contributed by atoms with E-state index in [1.807, 2.05) is 7.05 Å². The van der Waals surface area contributed by atoms with Gasteiger partial charge in [-0.3, -0.25) is 0 Å². The lowest BCUT2D eigenvalue weighted by Gasteiger charge is -2.08. The molecule has 0 saturated carbocycles. The minimum Gasteiger partial charge on any atom is -0.361 e. The Morgan fingerprint density at radius 3 is 2.45 bits per heavy atom. The van der Waals surface area contributed by atoms with E-state index in [-0.39, 0.29) is 0 Å². The number of aryl methyl sites for hydroxylation is 2. The second-order valence-electron chi connectivity index (χ2n) is 3.06. The highest BCUT2D eigenvalue weighted by Crippen LogP contribution is 2.16. The van der Waals surface area contributed by atoms with Gasteiger partial charge in [-0.25, -0.2) is 0 Å². The van der Waals surface area contributed by atoms with Gasteiger partial charge in [0.25, 0.3) is 0 Å². The zero-order chi connectivity index (χ0) is 8.43. The SMILES string of the molecule is CN[C@@H](C)c1[nH]c(C)cc1C. The van der Waals surface area contributed by atoms with Crippen molar-refractivity contribution >= 4 is 0 Å². The lowest BCUT2D eigenvalue weighted by molar-refractivity contribution is 0.632. The average Bonchev–Trinajstić information content (AvgIpc) is 2.28. The highest BCUT2D eigenvalue weighted by Gasteiger charge is 2.07. The van der Waals surface area contributed by atoms with Crippen LogP contribution < -0.4 is 5.32 Å². The molecular formula is C9H16N2. The summed E-state index contributed by atoms with van der Waals surface area (Å²) in [6.45, 7) is 6.36. The van der Waals surface area contributed by atoms with E-state index in [0.717, 1.165) is 0 Å². The molecule has 0 fully saturated rings. The van der Waals surface area contributed by atoms with Crippen LogP contribution in [0.5, 0.6) is 0 Å². The third-order valence-electron chi connectivity index (χ3n) is 2.06. The Morgan fingerprint density at radius 2 is 2.09 bits per heavy atom. The maximum Gasteiger partial charge on any atom is 0.0444 e. The number of nitrogens with one attached hydrogen (secondary N) is 2. The fraction of sp³-hybridized carbons (Fsp3) is 0.556. The van der Waals surface area contributed by atoms with Crippen molar-refractivity contribution in [2.24, 2.45) is 0 Å². The van der Waals surface area contributed by atoms with E-state index >= 15 is 0 Å². The van der Waals surface area contributed by atoms with Gasteiger partial charge < -0.3 is 10.3 Å². The van der Waals surface area contributed by atoms with Crippen LogP contribution in [0.4, 0.5) is 0 Å². The molecule has 1 heterocycles. The average molecular weight is 152 g/mol. The summed E-state index contributed by atoms with van der Waals surface area (Å²) in [6.07, 6.45) is 0. The molecule has 0 radical (unpaired) electrons. The summed E-state index contributed by atoms with van der Waals surface area (Å²) in [5.41, 5.74) is 3.87. The molecule has 0 amide bonds. The standard InChI is InChI=1S/C9H16N2/c1-6-5-7(2)11-9(6)8(3)10-4/h5,8,10-11H,1-4H3/t8-/m0/s1. The Kier molecular flexibility index (Phi) is 2.35. The van der Waals surface area contributed by atoms with Crippen LogP contribution in [0, 0.1) is 13.8 Å². The topological polar surface area (TPSA) is 27.8 Å². The Morgan fingerprint density at radius 1 is 1.45 bits per heavy atom. The van der Waals surface area contributed by atoms with E-state index in [1.165, 1.54) is 17.0 Å². The molecule has 1 rings (SSSR count). The molecule has 2 N–H and O–H groups in total. The molecule has 0 aliphatic carbocycles. The van der Waals surface area contributed by atoms with Crippen LogP contribution in [-0.4, -0.2) is 12.0 Å². The van der Waals surface area contributed by atoms with Crippen molar-refractivity contribution in [1.82, 2.24) is 10.3 Å². The first-order valence-corrected chi connectivity index (χ1v) is 3.98. The van der Waals surface area contributed by atoms with Crippen LogP contribution in [0.25, 0.3) is 0 Å². The molecule has 1 aromatic rings. The van der Waals surface area contributed by atoms with Gasteiger partial charge in [-0.2, -0.15) is 0 Å². The zero-order valence-electron chi connectivity index (χ0n) is 7.65. The molecule has 0 bridgehead atoms. The predicted octanol–water partition coefficient (Wildman–Crippen LogP) is 1.91. The Bertz CT molecular complexity index is 238. The first-order valence-electron chi connectivity index (χ1n) is 3.98. The van der Waals surface area contributed by atoms with Gasteiger partial charge in [0, 0.05) is 17.4 Å². The van der Waals surface area contributed by atoms with E-state index in [1.54, 1.807) is 0 Å². The molecule has 0 saturated heterocycles. The van der Waals surface area contributed by atoms with E-state index in [4.69, 9.17) is 0 Å². The quantitative estimate of drug-likeness (QED) is 0.665. The Hall–Kier alpha value is -0.760. The molecule has 2 nitrogen and oxygen atoms in total. The summed E-state index contributed by atoms with van der Waals surface area (Å²) in [5.74, 6) is 0. The molecule has 2 heteroatoms. The lowest BCUT2D eigenvalue weighted by atomic mass is 10.1. The van der Waals surface area contributed by atoms with Crippen molar-refractivity contribution in [3.05, 3.63) is 23.0 Å². The largest absolute Gasteiger partial charge is 0.361 e. The van der Waals surface area contributed by atoms with Gasteiger partial charge in [-0.15, -0.1) is 0 Å². The fourth-order valence-corrected chi connectivity index (χ4v) is 1.34. The molecule has 62 valence electrons. The maximum atomic E-state index is 3.33. The smallest absolute Gasteiger partial charge is 0.0444 e. The van der Waals surface area contributed by atoms with Gasteiger partial charge in [-0.05, 0) is 39.4 Å². The van der Waals surface area contributed by atoms with Crippen molar-refractivity contribution in [1.29, 1.82) is 0 Å². The highest BCUT2D eigenvalue weighted by molar-refractivity contribution is 5.25. The summed E-state index contributed by atoms with van der Waals surface area (Å²) >= 11 is 0. The Balaban J connectivity index is 2.93. The zero-order valence-corrected chi connectivity index (χ0v) is 7.65. The third-order valence-corrected chi connectivity index (χ3v) is 2.06. The molecule has 11 heavy (non-hydrogen) atoms. The van der Waals surface area contributed by atoms with Crippen LogP contribution >= 0.6 is 0 Å².